The maximum absolute atomic E-state index is 11.1. The van der Waals surface area contributed by atoms with E-state index in [2.05, 4.69) is 10.6 Å². The molecule has 4 heteroatoms. The maximum Gasteiger partial charge on any atom is 0.219 e. The van der Waals surface area contributed by atoms with Crippen molar-refractivity contribution in [3.63, 3.8) is 0 Å². The van der Waals surface area contributed by atoms with Gasteiger partial charge in [0.2, 0.25) is 5.91 Å². The fourth-order valence-corrected chi connectivity index (χ4v) is 1.62. The number of rotatable bonds is 3. The van der Waals surface area contributed by atoms with Gasteiger partial charge in [-0.3, -0.25) is 4.79 Å². The number of piperazine rings is 1. The summed E-state index contributed by atoms with van der Waals surface area (Å²) in [4.78, 5) is 13.0. The molecule has 76 valence electrons. The molecule has 0 radical (unpaired) electrons. The van der Waals surface area contributed by atoms with Crippen LogP contribution in [-0.4, -0.2) is 50.1 Å². The average molecular weight is 185 g/mol. The van der Waals surface area contributed by atoms with Gasteiger partial charge in [0, 0.05) is 32.6 Å². The molecule has 4 nitrogen and oxygen atoms in total. The molecule has 1 atom stereocenters. The SMILES string of the molecule is CNCCC1CN(C(C)=O)CCN1. The predicted octanol–water partition coefficient (Wildman–Crippen LogP) is -0.584. The predicted molar refractivity (Wildman–Crippen MR) is 52.6 cm³/mol. The lowest BCUT2D eigenvalue weighted by molar-refractivity contribution is -0.130. The second-order valence-corrected chi connectivity index (χ2v) is 3.51. The molecule has 1 heterocycles. The summed E-state index contributed by atoms with van der Waals surface area (Å²) in [7, 11) is 1.95. The van der Waals surface area contributed by atoms with Crippen LogP contribution in [0.2, 0.25) is 0 Å². The van der Waals surface area contributed by atoms with Gasteiger partial charge >= 0.3 is 0 Å². The zero-order chi connectivity index (χ0) is 9.68. The number of carbonyl (C=O) groups excluding carboxylic acids is 1. The summed E-state index contributed by atoms with van der Waals surface area (Å²) in [5, 5.41) is 6.52. The zero-order valence-corrected chi connectivity index (χ0v) is 8.47. The van der Waals surface area contributed by atoms with E-state index in [1.54, 1.807) is 6.92 Å². The highest BCUT2D eigenvalue weighted by atomic mass is 16.2. The quantitative estimate of drug-likeness (QED) is 0.618. The number of hydrogen-bond acceptors (Lipinski definition) is 3. The Morgan fingerprint density at radius 3 is 3.08 bits per heavy atom. The largest absolute Gasteiger partial charge is 0.340 e. The fraction of sp³-hybridized carbons (Fsp3) is 0.889. The summed E-state index contributed by atoms with van der Waals surface area (Å²) in [5.41, 5.74) is 0. The lowest BCUT2D eigenvalue weighted by Gasteiger charge is -2.33. The molecule has 1 aliphatic rings. The van der Waals surface area contributed by atoms with E-state index in [4.69, 9.17) is 0 Å². The minimum atomic E-state index is 0.191. The monoisotopic (exact) mass is 185 g/mol. The number of hydrogen-bond donors (Lipinski definition) is 2. The van der Waals surface area contributed by atoms with Crippen LogP contribution < -0.4 is 10.6 Å². The summed E-state index contributed by atoms with van der Waals surface area (Å²) in [6.45, 7) is 5.28. The van der Waals surface area contributed by atoms with Crippen LogP contribution in [0.1, 0.15) is 13.3 Å². The van der Waals surface area contributed by atoms with Gasteiger partial charge in [-0.2, -0.15) is 0 Å². The lowest BCUT2D eigenvalue weighted by Crippen LogP contribution is -2.52. The normalized spacial score (nSPS) is 23.2. The number of amides is 1. The first-order valence-electron chi connectivity index (χ1n) is 4.87. The van der Waals surface area contributed by atoms with Crippen LogP contribution in [0.5, 0.6) is 0 Å². The van der Waals surface area contributed by atoms with Crippen LogP contribution >= 0.6 is 0 Å². The van der Waals surface area contributed by atoms with Gasteiger partial charge in [-0.25, -0.2) is 0 Å². The van der Waals surface area contributed by atoms with Gasteiger partial charge in [-0.05, 0) is 20.0 Å². The number of carbonyl (C=O) groups is 1. The van der Waals surface area contributed by atoms with Gasteiger partial charge < -0.3 is 15.5 Å². The topological polar surface area (TPSA) is 44.4 Å². The Labute approximate surface area is 79.7 Å². The standard InChI is InChI=1S/C9H19N3O/c1-8(13)12-6-5-11-9(7-12)3-4-10-2/h9-11H,3-7H2,1-2H3. The van der Waals surface area contributed by atoms with Crippen molar-refractivity contribution in [2.45, 2.75) is 19.4 Å². The Kier molecular flexibility index (Phi) is 4.18. The van der Waals surface area contributed by atoms with Gasteiger partial charge in [0.25, 0.3) is 0 Å². The first kappa shape index (κ1) is 10.5. The fourth-order valence-electron chi connectivity index (χ4n) is 1.62. The smallest absolute Gasteiger partial charge is 0.219 e. The Morgan fingerprint density at radius 1 is 1.69 bits per heavy atom. The molecule has 0 spiro atoms. The van der Waals surface area contributed by atoms with Crippen LogP contribution in [0.15, 0.2) is 0 Å². The van der Waals surface area contributed by atoms with E-state index >= 15 is 0 Å². The molecular weight excluding hydrogens is 166 g/mol. The Balaban J connectivity index is 2.29. The van der Waals surface area contributed by atoms with Crippen molar-refractivity contribution in [2.75, 3.05) is 33.2 Å². The Bertz CT molecular complexity index is 172. The summed E-state index contributed by atoms with van der Waals surface area (Å²) >= 11 is 0. The van der Waals surface area contributed by atoms with Gasteiger partial charge in [0.15, 0.2) is 0 Å². The summed E-state index contributed by atoms with van der Waals surface area (Å²) in [6, 6.07) is 0.463. The van der Waals surface area contributed by atoms with Crippen molar-refractivity contribution in [1.29, 1.82) is 0 Å². The first-order valence-corrected chi connectivity index (χ1v) is 4.87. The van der Waals surface area contributed by atoms with Gasteiger partial charge in [0.1, 0.15) is 0 Å². The van der Waals surface area contributed by atoms with E-state index in [0.717, 1.165) is 32.6 Å². The van der Waals surface area contributed by atoms with E-state index in [1.165, 1.54) is 0 Å². The van der Waals surface area contributed by atoms with Gasteiger partial charge in [-0.1, -0.05) is 0 Å². The van der Waals surface area contributed by atoms with E-state index in [0.29, 0.717) is 6.04 Å². The van der Waals surface area contributed by atoms with Gasteiger partial charge in [-0.15, -0.1) is 0 Å². The third kappa shape index (κ3) is 3.32. The third-order valence-electron chi connectivity index (χ3n) is 2.44. The van der Waals surface area contributed by atoms with Crippen molar-refractivity contribution in [3.8, 4) is 0 Å². The molecule has 0 aromatic heterocycles. The van der Waals surface area contributed by atoms with Crippen LogP contribution in [0.3, 0.4) is 0 Å². The summed E-state index contributed by atoms with van der Waals surface area (Å²) in [5.74, 6) is 0.191. The van der Waals surface area contributed by atoms with Gasteiger partial charge in [0.05, 0.1) is 0 Å². The van der Waals surface area contributed by atoms with E-state index < -0.39 is 0 Å². The molecule has 1 aliphatic heterocycles. The maximum atomic E-state index is 11.1. The van der Waals surface area contributed by atoms with Crippen molar-refractivity contribution in [1.82, 2.24) is 15.5 Å². The minimum absolute atomic E-state index is 0.191. The van der Waals surface area contributed by atoms with Crippen molar-refractivity contribution in [2.24, 2.45) is 0 Å². The third-order valence-corrected chi connectivity index (χ3v) is 2.44. The molecule has 0 aromatic carbocycles. The summed E-state index contributed by atoms with van der Waals surface area (Å²) in [6.07, 6.45) is 1.08. The molecule has 1 saturated heterocycles. The lowest BCUT2D eigenvalue weighted by atomic mass is 10.1. The average Bonchev–Trinajstić information content (AvgIpc) is 2.15. The minimum Gasteiger partial charge on any atom is -0.340 e. The number of nitrogens with zero attached hydrogens (tertiary/aromatic N) is 1. The molecule has 1 fully saturated rings. The first-order chi connectivity index (χ1) is 6.24. The molecule has 0 aromatic rings. The molecule has 2 N–H and O–H groups in total. The van der Waals surface area contributed by atoms with Crippen LogP contribution in [-0.2, 0) is 4.79 Å². The van der Waals surface area contributed by atoms with Crippen molar-refractivity contribution in [3.05, 3.63) is 0 Å². The highest BCUT2D eigenvalue weighted by molar-refractivity contribution is 5.73. The van der Waals surface area contributed by atoms with E-state index in [-0.39, 0.29) is 5.91 Å². The van der Waals surface area contributed by atoms with Crippen molar-refractivity contribution >= 4 is 5.91 Å². The highest BCUT2D eigenvalue weighted by Crippen LogP contribution is 2.02. The Morgan fingerprint density at radius 2 is 2.46 bits per heavy atom. The molecule has 1 rings (SSSR count). The molecule has 13 heavy (non-hydrogen) atoms. The second kappa shape index (κ2) is 5.19. The summed E-state index contributed by atoms with van der Waals surface area (Å²) < 4.78 is 0. The van der Waals surface area contributed by atoms with Crippen LogP contribution in [0.4, 0.5) is 0 Å². The zero-order valence-electron chi connectivity index (χ0n) is 8.47. The van der Waals surface area contributed by atoms with E-state index in [9.17, 15) is 4.79 Å². The molecule has 0 aliphatic carbocycles. The molecular formula is C9H19N3O. The molecule has 0 saturated carbocycles. The van der Waals surface area contributed by atoms with E-state index in [1.807, 2.05) is 11.9 Å². The van der Waals surface area contributed by atoms with Crippen molar-refractivity contribution < 1.29 is 4.79 Å². The molecule has 0 bridgehead atoms. The molecule has 1 unspecified atom stereocenters. The second-order valence-electron chi connectivity index (χ2n) is 3.51. The molecule has 1 amide bonds. The van der Waals surface area contributed by atoms with Crippen LogP contribution in [0, 0.1) is 0 Å². The highest BCUT2D eigenvalue weighted by Gasteiger charge is 2.19. The number of nitrogens with one attached hydrogen (secondary N) is 2. The Hall–Kier alpha value is -0.610. The van der Waals surface area contributed by atoms with Crippen LogP contribution in [0.25, 0.3) is 0 Å².